The van der Waals surface area contributed by atoms with Gasteiger partial charge in [-0.2, -0.15) is 0 Å². The second-order valence-electron chi connectivity index (χ2n) is 6.81. The highest BCUT2D eigenvalue weighted by Crippen LogP contribution is 2.62. The van der Waals surface area contributed by atoms with E-state index in [1.165, 1.54) is 24.1 Å². The zero-order valence-electron chi connectivity index (χ0n) is 11.1. The molecular weight excluding hydrogens is 226 g/mol. The molecule has 94 valence electrons. The van der Waals surface area contributed by atoms with Crippen molar-refractivity contribution < 1.29 is 0 Å². The molecule has 2 saturated carbocycles. The van der Waals surface area contributed by atoms with Crippen LogP contribution >= 0.6 is 11.3 Å². The molecule has 1 heterocycles. The zero-order valence-corrected chi connectivity index (χ0v) is 11.9. The average molecular weight is 249 g/mol. The van der Waals surface area contributed by atoms with Crippen LogP contribution in [0.4, 0.5) is 0 Å². The van der Waals surface area contributed by atoms with Crippen molar-refractivity contribution in [1.29, 1.82) is 0 Å². The smallest absolute Gasteiger partial charge is 0.0302 e. The number of fused-ring (bicyclic) bond motifs is 2. The Bertz CT molecular complexity index is 390. The summed E-state index contributed by atoms with van der Waals surface area (Å²) in [6, 6.07) is 5.08. The minimum absolute atomic E-state index is 0.476. The van der Waals surface area contributed by atoms with Gasteiger partial charge in [-0.05, 0) is 47.5 Å². The monoisotopic (exact) mass is 249 g/mol. The van der Waals surface area contributed by atoms with E-state index in [4.69, 9.17) is 0 Å². The third-order valence-corrected chi connectivity index (χ3v) is 6.21. The number of thiophene rings is 1. The summed E-state index contributed by atoms with van der Waals surface area (Å²) < 4.78 is 0. The molecule has 0 amide bonds. The van der Waals surface area contributed by atoms with E-state index in [0.29, 0.717) is 16.9 Å². The van der Waals surface area contributed by atoms with E-state index in [1.54, 1.807) is 0 Å². The molecule has 0 saturated heterocycles. The topological polar surface area (TPSA) is 12.0 Å². The summed E-state index contributed by atoms with van der Waals surface area (Å²) in [6.07, 6.45) is 4.30. The van der Waals surface area contributed by atoms with Gasteiger partial charge in [-0.1, -0.05) is 26.8 Å². The maximum atomic E-state index is 3.86. The molecule has 2 fully saturated rings. The Kier molecular flexibility index (Phi) is 2.64. The van der Waals surface area contributed by atoms with Gasteiger partial charge >= 0.3 is 0 Å². The molecule has 0 radical (unpaired) electrons. The van der Waals surface area contributed by atoms with Crippen molar-refractivity contribution in [3.8, 4) is 0 Å². The van der Waals surface area contributed by atoms with E-state index in [2.05, 4.69) is 43.6 Å². The van der Waals surface area contributed by atoms with E-state index >= 15 is 0 Å². The molecule has 1 aromatic heterocycles. The minimum atomic E-state index is 0.476. The summed E-state index contributed by atoms with van der Waals surface area (Å²) >= 11 is 1.86. The van der Waals surface area contributed by atoms with E-state index in [1.807, 2.05) is 11.3 Å². The summed E-state index contributed by atoms with van der Waals surface area (Å²) in [4.78, 5) is 1.46. The van der Waals surface area contributed by atoms with Gasteiger partial charge in [0.15, 0.2) is 0 Å². The molecular formula is C15H23NS. The van der Waals surface area contributed by atoms with Gasteiger partial charge in [0.1, 0.15) is 0 Å². The number of nitrogens with one attached hydrogen (secondary N) is 1. The van der Waals surface area contributed by atoms with Crippen LogP contribution in [0.5, 0.6) is 0 Å². The fraction of sp³-hybridized carbons (Fsp3) is 0.733. The molecule has 2 aliphatic rings. The number of hydrogen-bond donors (Lipinski definition) is 1. The highest BCUT2D eigenvalue weighted by atomic mass is 32.1. The molecule has 3 rings (SSSR count). The van der Waals surface area contributed by atoms with Crippen LogP contribution in [-0.4, -0.2) is 6.04 Å². The Hall–Kier alpha value is -0.340. The predicted molar refractivity (Wildman–Crippen MR) is 74.2 cm³/mol. The van der Waals surface area contributed by atoms with Crippen LogP contribution in [0.15, 0.2) is 17.5 Å². The van der Waals surface area contributed by atoms with E-state index < -0.39 is 0 Å². The van der Waals surface area contributed by atoms with E-state index in [-0.39, 0.29) is 0 Å². The van der Waals surface area contributed by atoms with Crippen molar-refractivity contribution in [2.75, 3.05) is 0 Å². The second-order valence-corrected chi connectivity index (χ2v) is 7.84. The molecule has 2 bridgehead atoms. The van der Waals surface area contributed by atoms with Gasteiger partial charge in [-0.15, -0.1) is 11.3 Å². The highest BCUT2D eigenvalue weighted by Gasteiger charge is 2.58. The van der Waals surface area contributed by atoms with Gasteiger partial charge in [0.25, 0.3) is 0 Å². The minimum Gasteiger partial charge on any atom is -0.308 e. The first-order valence-electron chi connectivity index (χ1n) is 6.78. The summed E-state index contributed by atoms with van der Waals surface area (Å²) in [5, 5.41) is 6.03. The van der Waals surface area contributed by atoms with Gasteiger partial charge in [0, 0.05) is 17.5 Å². The zero-order chi connectivity index (χ0) is 12.1. The molecule has 3 unspecified atom stereocenters. The van der Waals surface area contributed by atoms with Crippen molar-refractivity contribution in [2.45, 2.75) is 52.6 Å². The summed E-state index contributed by atoms with van der Waals surface area (Å²) in [5.41, 5.74) is 1.02. The Balaban J connectivity index is 1.74. The SMILES string of the molecule is CC12CCC(C1)C(C)(C)C2NCc1cccs1. The molecule has 3 atom stereocenters. The number of hydrogen-bond acceptors (Lipinski definition) is 2. The van der Waals surface area contributed by atoms with Gasteiger partial charge in [-0.25, -0.2) is 0 Å². The Morgan fingerprint density at radius 2 is 2.24 bits per heavy atom. The summed E-state index contributed by atoms with van der Waals surface area (Å²) in [5.74, 6) is 0.938. The number of rotatable bonds is 3. The highest BCUT2D eigenvalue weighted by molar-refractivity contribution is 7.09. The van der Waals surface area contributed by atoms with Crippen LogP contribution in [-0.2, 0) is 6.54 Å². The second kappa shape index (κ2) is 3.83. The third kappa shape index (κ3) is 1.77. The van der Waals surface area contributed by atoms with Crippen molar-refractivity contribution in [1.82, 2.24) is 5.32 Å². The molecule has 1 aromatic rings. The lowest BCUT2D eigenvalue weighted by atomic mass is 9.68. The van der Waals surface area contributed by atoms with Gasteiger partial charge < -0.3 is 5.32 Å². The van der Waals surface area contributed by atoms with Crippen molar-refractivity contribution in [3.63, 3.8) is 0 Å². The van der Waals surface area contributed by atoms with E-state index in [0.717, 1.165) is 12.5 Å². The largest absolute Gasteiger partial charge is 0.308 e. The Morgan fingerprint density at radius 1 is 1.41 bits per heavy atom. The van der Waals surface area contributed by atoms with Crippen LogP contribution in [0.25, 0.3) is 0 Å². The third-order valence-electron chi connectivity index (χ3n) is 5.33. The molecule has 0 aliphatic heterocycles. The fourth-order valence-corrected chi connectivity index (χ4v) is 5.08. The standard InChI is InChI=1S/C15H23NS/c1-14(2)11-6-7-15(3,9-11)13(14)16-10-12-5-4-8-17-12/h4-5,8,11,13,16H,6-7,9-10H2,1-3H3. The van der Waals surface area contributed by atoms with Crippen LogP contribution in [0.1, 0.15) is 44.9 Å². The van der Waals surface area contributed by atoms with Crippen LogP contribution in [0.3, 0.4) is 0 Å². The lowest BCUT2D eigenvalue weighted by Gasteiger charge is -2.43. The first-order valence-corrected chi connectivity index (χ1v) is 7.66. The lowest BCUT2D eigenvalue weighted by Crippen LogP contribution is -2.49. The summed E-state index contributed by atoms with van der Waals surface area (Å²) in [7, 11) is 0. The molecule has 2 heteroatoms. The maximum absolute atomic E-state index is 3.86. The molecule has 17 heavy (non-hydrogen) atoms. The van der Waals surface area contributed by atoms with Gasteiger partial charge in [-0.3, -0.25) is 0 Å². The fourth-order valence-electron chi connectivity index (χ4n) is 4.43. The lowest BCUT2D eigenvalue weighted by molar-refractivity contribution is 0.108. The Morgan fingerprint density at radius 3 is 2.82 bits per heavy atom. The normalized spacial score (nSPS) is 38.8. The van der Waals surface area contributed by atoms with Crippen molar-refractivity contribution in [3.05, 3.63) is 22.4 Å². The molecule has 0 spiro atoms. The molecule has 2 aliphatic carbocycles. The first kappa shape index (κ1) is 11.7. The quantitative estimate of drug-likeness (QED) is 0.852. The molecule has 1 N–H and O–H groups in total. The first-order chi connectivity index (χ1) is 8.02. The molecule has 1 nitrogen and oxygen atoms in total. The Labute approximate surface area is 109 Å². The predicted octanol–water partition coefficient (Wildman–Crippen LogP) is 4.05. The van der Waals surface area contributed by atoms with Crippen molar-refractivity contribution >= 4 is 11.3 Å². The summed E-state index contributed by atoms with van der Waals surface area (Å²) in [6.45, 7) is 8.48. The van der Waals surface area contributed by atoms with Crippen LogP contribution < -0.4 is 5.32 Å². The van der Waals surface area contributed by atoms with Gasteiger partial charge in [0.05, 0.1) is 0 Å². The maximum Gasteiger partial charge on any atom is 0.0302 e. The van der Waals surface area contributed by atoms with Crippen molar-refractivity contribution in [2.24, 2.45) is 16.7 Å². The van der Waals surface area contributed by atoms with E-state index in [9.17, 15) is 0 Å². The van der Waals surface area contributed by atoms with Gasteiger partial charge in [0.2, 0.25) is 0 Å². The average Bonchev–Trinajstić information content (AvgIpc) is 2.90. The van der Waals surface area contributed by atoms with Crippen LogP contribution in [0.2, 0.25) is 0 Å². The molecule has 0 aromatic carbocycles. The van der Waals surface area contributed by atoms with Crippen LogP contribution in [0, 0.1) is 16.7 Å².